The summed E-state index contributed by atoms with van der Waals surface area (Å²) in [7, 11) is 0. The maximum Gasteiger partial charge on any atom is 0.0953 e. The zero-order valence-corrected chi connectivity index (χ0v) is 45.0. The van der Waals surface area contributed by atoms with Crippen molar-refractivity contribution in [2.45, 2.75) is 250 Å². The summed E-state index contributed by atoms with van der Waals surface area (Å²) >= 11 is 0. The zero-order chi connectivity index (χ0) is 50.8. The maximum absolute atomic E-state index is 11.6. The van der Waals surface area contributed by atoms with E-state index in [9.17, 15) is 40.9 Å². The van der Waals surface area contributed by atoms with Gasteiger partial charge in [-0.25, -0.2) is 0 Å². The molecule has 12 heteroatoms. The Balaban J connectivity index is 1.43. The number of aliphatic hydroxyl groups excluding tert-OH is 8. The molecule has 0 heterocycles. The standard InChI is InChI=1S/C58H110N4O8/c1-4-7-8-10-14-21-49-55(67)33-45(34-56(49)68)40-62(41-46-35-57(69)50(58(70)36-46)22-16-13-18-29-60)38-43-25-23-42(24-26-43)37-61(39-44-31-53(65)47(19-5-2)54(66)32-44)30-27-52(64)48(51(63)6-3)20-15-11-9-12-17-28-59/h42-47,49,51,53-57,63-70H,4-41,59-60H2,1-3H3/b52-48+/t42-,43+,44?,45-,46-,47?,49+,51-,53+,54?,55?,56?,57+/m0/s1. The van der Waals surface area contributed by atoms with Crippen LogP contribution < -0.4 is 11.5 Å². The molecule has 12 nitrogen and oxygen atoms in total. The molecule has 0 radical (unpaired) electrons. The second-order valence-corrected chi connectivity index (χ2v) is 23.5. The molecule has 0 amide bonds. The molecule has 0 aromatic heterocycles. The molecule has 0 aliphatic heterocycles. The first-order valence-corrected chi connectivity index (χ1v) is 29.5. The van der Waals surface area contributed by atoms with Gasteiger partial charge in [0.15, 0.2) is 0 Å². The van der Waals surface area contributed by atoms with Crippen molar-refractivity contribution in [1.29, 1.82) is 0 Å². The van der Waals surface area contributed by atoms with E-state index in [-0.39, 0.29) is 29.6 Å². The highest BCUT2D eigenvalue weighted by molar-refractivity contribution is 5.17. The van der Waals surface area contributed by atoms with Crippen molar-refractivity contribution in [1.82, 2.24) is 9.80 Å². The zero-order valence-electron chi connectivity index (χ0n) is 45.0. The number of rotatable bonds is 35. The van der Waals surface area contributed by atoms with Crippen LogP contribution in [0, 0.1) is 41.4 Å². The third kappa shape index (κ3) is 21.5. The first-order valence-electron chi connectivity index (χ1n) is 29.5. The summed E-state index contributed by atoms with van der Waals surface area (Å²) in [6.45, 7) is 12.5. The number of hydrogen-bond donors (Lipinski definition) is 10. The van der Waals surface area contributed by atoms with Crippen LogP contribution >= 0.6 is 0 Å². The topological polar surface area (TPSA) is 220 Å². The molecule has 410 valence electrons. The lowest BCUT2D eigenvalue weighted by atomic mass is 9.75. The molecular weight excluding hydrogens is 881 g/mol. The minimum absolute atomic E-state index is 0.0575. The Morgan fingerprint density at radius 2 is 1.03 bits per heavy atom. The minimum Gasteiger partial charge on any atom is -0.512 e. The number of allylic oxidation sites excluding steroid dienone is 1. The molecule has 0 bridgehead atoms. The summed E-state index contributed by atoms with van der Waals surface area (Å²) < 4.78 is 0. The highest BCUT2D eigenvalue weighted by atomic mass is 16.3. The quantitative estimate of drug-likeness (QED) is 0.0212. The first kappa shape index (κ1) is 61.2. The molecule has 0 saturated heterocycles. The van der Waals surface area contributed by atoms with E-state index in [0.717, 1.165) is 153 Å². The Labute approximate surface area is 427 Å². The Kier molecular flexibility index (Phi) is 30.0. The number of nitrogens with zero attached hydrogens (tertiary/aromatic N) is 2. The van der Waals surface area contributed by atoms with Crippen molar-refractivity contribution < 1.29 is 40.9 Å². The first-order chi connectivity index (χ1) is 33.8. The molecular formula is C58H110N4O8. The summed E-state index contributed by atoms with van der Waals surface area (Å²) in [4.78, 5) is 5.05. The summed E-state index contributed by atoms with van der Waals surface area (Å²) in [5.41, 5.74) is 13.0. The average Bonchev–Trinajstić information content (AvgIpc) is 3.32. The largest absolute Gasteiger partial charge is 0.512 e. The summed E-state index contributed by atoms with van der Waals surface area (Å²) in [5.74, 6) is 2.01. The average molecular weight is 992 g/mol. The number of unbranched alkanes of at least 4 members (excludes halogenated alkanes) is 10. The van der Waals surface area contributed by atoms with Gasteiger partial charge in [0.05, 0.1) is 48.1 Å². The van der Waals surface area contributed by atoms with Gasteiger partial charge in [0, 0.05) is 63.9 Å². The second kappa shape index (κ2) is 34.3. The molecule has 0 aromatic rings. The SMILES string of the molecule is CCCCCCC[C@H]1C(O)C[C@@H](CN(C[C@@H]2CC(O)=C(CCCCCN)[C@H](O)C2)C[C@H]2CC[C@@H](CN(CC/C(O)=C(/CCCCCCCN)[C@@H](O)CC)CC3CC(O)C(CCC)[C@H](O)C3)CC2)CC1O. The van der Waals surface area contributed by atoms with Crippen molar-refractivity contribution >= 4 is 0 Å². The van der Waals surface area contributed by atoms with Gasteiger partial charge in [-0.1, -0.05) is 85.0 Å². The van der Waals surface area contributed by atoms with Crippen LogP contribution in [0.3, 0.4) is 0 Å². The molecule has 5 unspecified atom stereocenters. The monoisotopic (exact) mass is 991 g/mol. The van der Waals surface area contributed by atoms with Crippen molar-refractivity contribution in [3.8, 4) is 0 Å². The smallest absolute Gasteiger partial charge is 0.0953 e. The molecule has 3 saturated carbocycles. The van der Waals surface area contributed by atoms with Gasteiger partial charge in [0.25, 0.3) is 0 Å². The van der Waals surface area contributed by atoms with E-state index >= 15 is 0 Å². The molecule has 4 aliphatic carbocycles. The Morgan fingerprint density at radius 3 is 1.59 bits per heavy atom. The van der Waals surface area contributed by atoms with Crippen LogP contribution in [0.25, 0.3) is 0 Å². The van der Waals surface area contributed by atoms with Gasteiger partial charge < -0.3 is 62.1 Å². The summed E-state index contributed by atoms with van der Waals surface area (Å²) in [6.07, 6.45) is 24.1. The fourth-order valence-corrected chi connectivity index (χ4v) is 13.4. The van der Waals surface area contributed by atoms with Gasteiger partial charge >= 0.3 is 0 Å². The van der Waals surface area contributed by atoms with Gasteiger partial charge in [0.2, 0.25) is 0 Å². The second-order valence-electron chi connectivity index (χ2n) is 23.5. The third-order valence-corrected chi connectivity index (χ3v) is 17.5. The fraction of sp³-hybridized carbons (Fsp3) is 0.931. The molecule has 4 rings (SSSR count). The molecule has 3 fully saturated rings. The van der Waals surface area contributed by atoms with E-state index in [2.05, 4.69) is 23.6 Å². The van der Waals surface area contributed by atoms with Crippen LogP contribution in [0.4, 0.5) is 0 Å². The highest BCUT2D eigenvalue weighted by Gasteiger charge is 2.39. The van der Waals surface area contributed by atoms with Crippen LogP contribution in [-0.4, -0.2) is 140 Å². The van der Waals surface area contributed by atoms with Crippen LogP contribution in [0.5, 0.6) is 0 Å². The van der Waals surface area contributed by atoms with Gasteiger partial charge in [-0.15, -0.1) is 0 Å². The van der Waals surface area contributed by atoms with Crippen LogP contribution in [0.2, 0.25) is 0 Å². The van der Waals surface area contributed by atoms with Crippen molar-refractivity contribution in [2.24, 2.45) is 52.9 Å². The van der Waals surface area contributed by atoms with Crippen LogP contribution in [0.1, 0.15) is 213 Å². The fourth-order valence-electron chi connectivity index (χ4n) is 13.4. The molecule has 0 aromatic carbocycles. The van der Waals surface area contributed by atoms with Gasteiger partial charge in [-0.05, 0) is 169 Å². The predicted octanol–water partition coefficient (Wildman–Crippen LogP) is 9.43. The van der Waals surface area contributed by atoms with Crippen molar-refractivity contribution in [3.63, 3.8) is 0 Å². The lowest BCUT2D eigenvalue weighted by Crippen LogP contribution is -2.46. The van der Waals surface area contributed by atoms with E-state index in [4.69, 9.17) is 11.5 Å². The normalized spacial score (nSPS) is 30.9. The van der Waals surface area contributed by atoms with E-state index in [1.807, 2.05) is 6.92 Å². The molecule has 12 N–H and O–H groups in total. The van der Waals surface area contributed by atoms with Gasteiger partial charge in [-0.2, -0.15) is 0 Å². The summed E-state index contributed by atoms with van der Waals surface area (Å²) in [5, 5.41) is 90.3. The highest BCUT2D eigenvalue weighted by Crippen LogP contribution is 2.39. The van der Waals surface area contributed by atoms with Crippen molar-refractivity contribution in [3.05, 3.63) is 22.7 Å². The van der Waals surface area contributed by atoms with E-state index in [1.165, 1.54) is 19.3 Å². The van der Waals surface area contributed by atoms with Crippen molar-refractivity contribution in [2.75, 3.05) is 52.4 Å². The van der Waals surface area contributed by atoms with E-state index in [0.29, 0.717) is 107 Å². The molecule has 70 heavy (non-hydrogen) atoms. The minimum atomic E-state index is -0.652. The number of nitrogens with two attached hydrogens (primary N) is 2. The third-order valence-electron chi connectivity index (χ3n) is 17.5. The number of hydrogen-bond acceptors (Lipinski definition) is 12. The van der Waals surface area contributed by atoms with E-state index in [1.54, 1.807) is 0 Å². The predicted molar refractivity (Wildman–Crippen MR) is 286 cm³/mol. The number of aliphatic hydroxyl groups is 8. The molecule has 9 atom stereocenters. The van der Waals surface area contributed by atoms with Crippen LogP contribution in [0.15, 0.2) is 22.7 Å². The van der Waals surface area contributed by atoms with Gasteiger partial charge in [0.1, 0.15) is 0 Å². The Hall–Kier alpha value is -1.32. The maximum atomic E-state index is 11.6. The Morgan fingerprint density at radius 1 is 0.543 bits per heavy atom. The lowest BCUT2D eigenvalue weighted by Gasteiger charge is -2.42. The molecule has 4 aliphatic rings. The van der Waals surface area contributed by atoms with Gasteiger partial charge in [-0.3, -0.25) is 0 Å². The lowest BCUT2D eigenvalue weighted by molar-refractivity contribution is -0.0565. The van der Waals surface area contributed by atoms with Crippen LogP contribution in [-0.2, 0) is 0 Å². The van der Waals surface area contributed by atoms with E-state index < -0.39 is 36.6 Å². The Bertz CT molecular complexity index is 1420. The molecule has 0 spiro atoms. The summed E-state index contributed by atoms with van der Waals surface area (Å²) in [6, 6.07) is 0.